The maximum Gasteiger partial charge on any atom is 0.178 e. The molecule has 1 aliphatic heterocycles. The zero-order valence-electron chi connectivity index (χ0n) is 15.0. The van der Waals surface area contributed by atoms with E-state index >= 15 is 0 Å². The Labute approximate surface area is 158 Å². The normalized spacial score (nSPS) is 14.0. The van der Waals surface area contributed by atoms with Crippen molar-refractivity contribution in [1.82, 2.24) is 15.0 Å². The van der Waals surface area contributed by atoms with E-state index in [9.17, 15) is 0 Å². The lowest BCUT2D eigenvalue weighted by atomic mass is 10.0. The van der Waals surface area contributed by atoms with Crippen molar-refractivity contribution < 1.29 is 0 Å². The molecule has 1 saturated heterocycles. The lowest BCUT2D eigenvalue weighted by Crippen LogP contribution is -2.17. The molecule has 1 aliphatic rings. The minimum Gasteiger partial charge on any atom is -0.370 e. The summed E-state index contributed by atoms with van der Waals surface area (Å²) < 4.78 is 0. The van der Waals surface area contributed by atoms with E-state index in [0.717, 1.165) is 46.8 Å². The molecule has 0 atom stereocenters. The number of hydrogen-bond donors (Lipinski definition) is 0. The van der Waals surface area contributed by atoms with Crippen molar-refractivity contribution in [3.63, 3.8) is 0 Å². The highest BCUT2D eigenvalue weighted by atomic mass is 15.1. The van der Waals surface area contributed by atoms with Gasteiger partial charge in [-0.15, -0.1) is 0 Å². The Balaban J connectivity index is 1.71. The van der Waals surface area contributed by atoms with Crippen LogP contribution in [-0.4, -0.2) is 28.0 Å². The van der Waals surface area contributed by atoms with E-state index in [2.05, 4.69) is 40.2 Å². The number of pyridine rings is 1. The molecule has 4 aromatic rings. The second-order valence-corrected chi connectivity index (χ2v) is 6.88. The Hall–Kier alpha value is -3.27. The fourth-order valence-corrected chi connectivity index (χ4v) is 3.68. The van der Waals surface area contributed by atoms with Crippen molar-refractivity contribution in [2.45, 2.75) is 12.8 Å². The largest absolute Gasteiger partial charge is 0.370 e. The van der Waals surface area contributed by atoms with Gasteiger partial charge in [0.05, 0.1) is 23.3 Å². The molecule has 4 nitrogen and oxygen atoms in total. The number of anilines is 1. The van der Waals surface area contributed by atoms with Crippen LogP contribution in [-0.2, 0) is 0 Å². The van der Waals surface area contributed by atoms with Gasteiger partial charge in [-0.2, -0.15) is 0 Å². The summed E-state index contributed by atoms with van der Waals surface area (Å²) >= 11 is 0. The summed E-state index contributed by atoms with van der Waals surface area (Å²) in [4.78, 5) is 16.9. The molecule has 0 saturated carbocycles. The third-order valence-electron chi connectivity index (χ3n) is 5.07. The third-order valence-corrected chi connectivity index (χ3v) is 5.07. The molecule has 0 aliphatic carbocycles. The van der Waals surface area contributed by atoms with E-state index in [4.69, 9.17) is 9.97 Å². The Morgan fingerprint density at radius 1 is 0.704 bits per heavy atom. The molecule has 0 N–H and O–H groups in total. The van der Waals surface area contributed by atoms with Gasteiger partial charge in [-0.25, -0.2) is 15.0 Å². The smallest absolute Gasteiger partial charge is 0.178 e. The highest BCUT2D eigenvalue weighted by Gasteiger charge is 2.17. The molecule has 2 aromatic carbocycles. The van der Waals surface area contributed by atoms with Crippen LogP contribution in [0, 0.1) is 0 Å². The van der Waals surface area contributed by atoms with Crippen molar-refractivity contribution in [2.24, 2.45) is 0 Å². The lowest BCUT2D eigenvalue weighted by Gasteiger charge is -2.17. The number of fused-ring (bicyclic) bond motifs is 1. The van der Waals surface area contributed by atoms with Crippen molar-refractivity contribution in [2.75, 3.05) is 18.0 Å². The predicted molar refractivity (Wildman–Crippen MR) is 110 cm³/mol. The van der Waals surface area contributed by atoms with Crippen molar-refractivity contribution in [3.8, 4) is 22.5 Å². The quantitative estimate of drug-likeness (QED) is 0.523. The highest BCUT2D eigenvalue weighted by molar-refractivity contribution is 5.85. The number of rotatable bonds is 3. The maximum atomic E-state index is 5.00. The number of aromatic nitrogens is 3. The first-order valence-electron chi connectivity index (χ1n) is 9.42. The molecule has 132 valence electrons. The van der Waals surface area contributed by atoms with Crippen molar-refractivity contribution in [1.29, 1.82) is 0 Å². The second-order valence-electron chi connectivity index (χ2n) is 6.88. The van der Waals surface area contributed by atoms with Crippen LogP contribution in [0.3, 0.4) is 0 Å². The van der Waals surface area contributed by atoms with E-state index in [1.165, 1.54) is 12.8 Å². The molecule has 3 heterocycles. The van der Waals surface area contributed by atoms with E-state index < -0.39 is 0 Å². The van der Waals surface area contributed by atoms with Gasteiger partial charge in [-0.3, -0.25) is 0 Å². The maximum absolute atomic E-state index is 5.00. The van der Waals surface area contributed by atoms with Crippen LogP contribution in [0.25, 0.3) is 33.7 Å². The fourth-order valence-electron chi connectivity index (χ4n) is 3.68. The Morgan fingerprint density at radius 3 is 1.93 bits per heavy atom. The van der Waals surface area contributed by atoms with Gasteiger partial charge in [-0.1, -0.05) is 60.7 Å². The first-order chi connectivity index (χ1) is 13.4. The fraction of sp³-hybridized carbons (Fsp3) is 0.174. The number of nitrogens with zero attached hydrogens (tertiary/aromatic N) is 4. The minimum absolute atomic E-state index is 0.691. The predicted octanol–water partition coefficient (Wildman–Crippen LogP) is 4.96. The Bertz CT molecular complexity index is 1070. The molecule has 5 rings (SSSR count). The van der Waals surface area contributed by atoms with Crippen LogP contribution < -0.4 is 4.90 Å². The second kappa shape index (κ2) is 6.80. The molecule has 0 amide bonds. The van der Waals surface area contributed by atoms with Gasteiger partial charge in [0.15, 0.2) is 5.65 Å². The molecule has 0 unspecified atom stereocenters. The van der Waals surface area contributed by atoms with Crippen LogP contribution in [0.1, 0.15) is 12.8 Å². The zero-order valence-corrected chi connectivity index (χ0v) is 15.0. The zero-order chi connectivity index (χ0) is 18.1. The molecule has 4 heteroatoms. The third kappa shape index (κ3) is 3.04. The SMILES string of the molecule is c1ccc(-c2nc3cc(N4CCCC4)cnc3nc2-c2ccccc2)cc1. The van der Waals surface area contributed by atoms with Gasteiger partial charge >= 0.3 is 0 Å². The van der Waals surface area contributed by atoms with Gasteiger partial charge < -0.3 is 4.90 Å². The molecular formula is C23H20N4. The van der Waals surface area contributed by atoms with Gasteiger partial charge in [0.2, 0.25) is 0 Å². The summed E-state index contributed by atoms with van der Waals surface area (Å²) in [7, 11) is 0. The number of hydrogen-bond acceptors (Lipinski definition) is 4. The van der Waals surface area contributed by atoms with E-state index in [-0.39, 0.29) is 0 Å². The average molecular weight is 352 g/mol. The molecule has 0 bridgehead atoms. The van der Waals surface area contributed by atoms with E-state index in [1.54, 1.807) is 0 Å². The summed E-state index contributed by atoms with van der Waals surface area (Å²) in [6.45, 7) is 2.18. The molecule has 1 fully saturated rings. The lowest BCUT2D eigenvalue weighted by molar-refractivity contribution is 0.949. The van der Waals surface area contributed by atoms with Crippen molar-refractivity contribution in [3.05, 3.63) is 72.9 Å². The van der Waals surface area contributed by atoms with Gasteiger partial charge in [0.25, 0.3) is 0 Å². The summed E-state index contributed by atoms with van der Waals surface area (Å²) in [5.41, 5.74) is 6.56. The molecular weight excluding hydrogens is 332 g/mol. The molecule has 0 radical (unpaired) electrons. The van der Waals surface area contributed by atoms with Crippen molar-refractivity contribution >= 4 is 16.9 Å². The van der Waals surface area contributed by atoms with Crippen LogP contribution in [0.15, 0.2) is 72.9 Å². The highest BCUT2D eigenvalue weighted by Crippen LogP contribution is 2.31. The summed E-state index contributed by atoms with van der Waals surface area (Å²) in [6, 6.07) is 22.6. The van der Waals surface area contributed by atoms with Crippen LogP contribution in [0.4, 0.5) is 5.69 Å². The minimum atomic E-state index is 0.691. The standard InChI is InChI=1S/C23H20N4/c1-3-9-17(10-4-1)21-22(18-11-5-2-6-12-18)26-23-20(25-21)15-19(16-24-23)27-13-7-8-14-27/h1-6,9-12,15-16H,7-8,13-14H2. The van der Waals surface area contributed by atoms with Crippen LogP contribution >= 0.6 is 0 Å². The Morgan fingerprint density at radius 2 is 1.30 bits per heavy atom. The molecule has 2 aromatic heterocycles. The molecule has 0 spiro atoms. The van der Waals surface area contributed by atoms with Crippen LogP contribution in [0.2, 0.25) is 0 Å². The van der Waals surface area contributed by atoms with Gasteiger partial charge in [0.1, 0.15) is 5.52 Å². The first kappa shape index (κ1) is 15.9. The Kier molecular flexibility index (Phi) is 4.02. The summed E-state index contributed by atoms with van der Waals surface area (Å²) in [5, 5.41) is 0. The summed E-state index contributed by atoms with van der Waals surface area (Å²) in [5.74, 6) is 0. The van der Waals surface area contributed by atoms with Gasteiger partial charge in [-0.05, 0) is 18.9 Å². The topological polar surface area (TPSA) is 41.9 Å². The first-order valence-corrected chi connectivity index (χ1v) is 9.42. The average Bonchev–Trinajstić information content (AvgIpc) is 3.29. The summed E-state index contributed by atoms with van der Waals surface area (Å²) in [6.07, 6.45) is 4.41. The number of benzene rings is 2. The van der Waals surface area contributed by atoms with E-state index in [1.807, 2.05) is 42.6 Å². The van der Waals surface area contributed by atoms with E-state index in [0.29, 0.717) is 5.65 Å². The van der Waals surface area contributed by atoms with Gasteiger partial charge in [0, 0.05) is 24.2 Å². The van der Waals surface area contributed by atoms with Crippen LogP contribution in [0.5, 0.6) is 0 Å². The molecule has 27 heavy (non-hydrogen) atoms. The monoisotopic (exact) mass is 352 g/mol.